The molecule has 0 aliphatic rings. The van der Waals surface area contributed by atoms with Gasteiger partial charge in [-0.05, 0) is 42.3 Å². The van der Waals surface area contributed by atoms with Crippen molar-refractivity contribution in [3.63, 3.8) is 0 Å². The molecule has 0 bridgehead atoms. The lowest BCUT2D eigenvalue weighted by Crippen LogP contribution is -2.23. The zero-order valence-corrected chi connectivity index (χ0v) is 13.8. The second-order valence-electron chi connectivity index (χ2n) is 4.79. The van der Waals surface area contributed by atoms with Crippen molar-refractivity contribution in [1.29, 1.82) is 0 Å². The highest BCUT2D eigenvalue weighted by Crippen LogP contribution is 2.29. The first kappa shape index (κ1) is 16.0. The maximum absolute atomic E-state index is 13.3. The summed E-state index contributed by atoms with van der Waals surface area (Å²) >= 11 is 3.46. The maximum atomic E-state index is 13.3. The van der Waals surface area contributed by atoms with Crippen LogP contribution in [0.5, 0.6) is 5.75 Å². The summed E-state index contributed by atoms with van der Waals surface area (Å²) in [4.78, 5) is 0. The molecule has 2 rings (SSSR count). The van der Waals surface area contributed by atoms with Crippen LogP contribution in [0.25, 0.3) is 0 Å². The third-order valence-electron chi connectivity index (χ3n) is 3.40. The summed E-state index contributed by atoms with van der Waals surface area (Å²) in [6.07, 6.45) is 0.780. The van der Waals surface area contributed by atoms with Crippen LogP contribution in [0, 0.1) is 5.82 Å². The normalized spacial score (nSPS) is 12.2. The van der Waals surface area contributed by atoms with Crippen molar-refractivity contribution in [2.75, 3.05) is 13.7 Å². The number of ether oxygens (including phenoxy) is 1. The standard InChI is InChI=1S/C17H19BrFNO/c1-3-20-16(14-9-8-13(19)11-15(14)18)10-12-6-4-5-7-17(12)21-2/h4-9,11,16,20H,3,10H2,1-2H3. The van der Waals surface area contributed by atoms with Crippen LogP contribution in [-0.2, 0) is 6.42 Å². The molecule has 0 saturated carbocycles. The van der Waals surface area contributed by atoms with E-state index in [-0.39, 0.29) is 11.9 Å². The monoisotopic (exact) mass is 351 g/mol. The van der Waals surface area contributed by atoms with Gasteiger partial charge in [-0.15, -0.1) is 0 Å². The second-order valence-corrected chi connectivity index (χ2v) is 5.65. The number of nitrogens with one attached hydrogen (secondary N) is 1. The molecule has 0 aliphatic carbocycles. The van der Waals surface area contributed by atoms with Gasteiger partial charge in [-0.2, -0.15) is 0 Å². The Bertz CT molecular complexity index is 603. The Morgan fingerprint density at radius 1 is 1.24 bits per heavy atom. The van der Waals surface area contributed by atoms with Crippen molar-refractivity contribution < 1.29 is 9.13 Å². The van der Waals surface area contributed by atoms with E-state index < -0.39 is 0 Å². The fourth-order valence-corrected chi connectivity index (χ4v) is 3.04. The summed E-state index contributed by atoms with van der Waals surface area (Å²) in [7, 11) is 1.68. The Kier molecular flexibility index (Phi) is 5.76. The quantitative estimate of drug-likeness (QED) is 0.827. The molecule has 0 saturated heterocycles. The smallest absolute Gasteiger partial charge is 0.124 e. The van der Waals surface area contributed by atoms with Crippen LogP contribution < -0.4 is 10.1 Å². The van der Waals surface area contributed by atoms with Gasteiger partial charge in [0.05, 0.1) is 7.11 Å². The van der Waals surface area contributed by atoms with E-state index in [1.807, 2.05) is 24.3 Å². The second kappa shape index (κ2) is 7.57. The van der Waals surface area contributed by atoms with Crippen molar-refractivity contribution in [2.24, 2.45) is 0 Å². The van der Waals surface area contributed by atoms with E-state index in [9.17, 15) is 4.39 Å². The number of likely N-dealkylation sites (N-methyl/N-ethyl adjacent to an activating group) is 1. The maximum Gasteiger partial charge on any atom is 0.124 e. The number of rotatable bonds is 6. The summed E-state index contributed by atoms with van der Waals surface area (Å²) in [5.74, 6) is 0.636. The van der Waals surface area contributed by atoms with Gasteiger partial charge in [0, 0.05) is 10.5 Å². The fraction of sp³-hybridized carbons (Fsp3) is 0.294. The van der Waals surface area contributed by atoms with Crippen LogP contribution in [0.2, 0.25) is 0 Å². The molecule has 2 aromatic carbocycles. The molecule has 4 heteroatoms. The third-order valence-corrected chi connectivity index (χ3v) is 4.09. The molecule has 112 valence electrons. The minimum Gasteiger partial charge on any atom is -0.496 e. The number of hydrogen-bond donors (Lipinski definition) is 1. The lowest BCUT2D eigenvalue weighted by molar-refractivity contribution is 0.405. The molecular formula is C17H19BrFNO. The first-order chi connectivity index (χ1) is 10.2. The van der Waals surface area contributed by atoms with E-state index >= 15 is 0 Å². The van der Waals surface area contributed by atoms with E-state index in [1.165, 1.54) is 12.1 Å². The fourth-order valence-electron chi connectivity index (χ4n) is 2.41. The summed E-state index contributed by atoms with van der Waals surface area (Å²) < 4.78 is 19.5. The van der Waals surface area contributed by atoms with Gasteiger partial charge in [0.2, 0.25) is 0 Å². The van der Waals surface area contributed by atoms with E-state index in [4.69, 9.17) is 4.74 Å². The van der Waals surface area contributed by atoms with E-state index in [2.05, 4.69) is 34.2 Å². The van der Waals surface area contributed by atoms with Crippen molar-refractivity contribution in [3.8, 4) is 5.75 Å². The Hall–Kier alpha value is -1.39. The number of benzene rings is 2. The van der Waals surface area contributed by atoms with Crippen molar-refractivity contribution >= 4 is 15.9 Å². The first-order valence-electron chi connectivity index (χ1n) is 6.96. The summed E-state index contributed by atoms with van der Waals surface area (Å²) in [6.45, 7) is 2.90. The summed E-state index contributed by atoms with van der Waals surface area (Å²) in [5, 5.41) is 3.45. The van der Waals surface area contributed by atoms with Gasteiger partial charge in [0.1, 0.15) is 11.6 Å². The zero-order chi connectivity index (χ0) is 15.2. The average Bonchev–Trinajstić information content (AvgIpc) is 2.47. The van der Waals surface area contributed by atoms with Crippen LogP contribution in [0.1, 0.15) is 24.1 Å². The van der Waals surface area contributed by atoms with Crippen molar-refractivity contribution in [1.82, 2.24) is 5.32 Å². The Balaban J connectivity index is 2.30. The highest BCUT2D eigenvalue weighted by molar-refractivity contribution is 9.10. The van der Waals surface area contributed by atoms with E-state index in [0.717, 1.165) is 34.3 Å². The molecule has 0 fully saturated rings. The van der Waals surface area contributed by atoms with Gasteiger partial charge in [-0.3, -0.25) is 0 Å². The van der Waals surface area contributed by atoms with Crippen molar-refractivity contribution in [3.05, 3.63) is 63.9 Å². The Labute approximate surface area is 133 Å². The molecule has 21 heavy (non-hydrogen) atoms. The molecule has 1 atom stereocenters. The molecule has 0 aromatic heterocycles. The molecule has 0 amide bonds. The predicted octanol–water partition coefficient (Wildman–Crippen LogP) is 4.49. The highest BCUT2D eigenvalue weighted by Gasteiger charge is 2.16. The molecule has 1 unspecified atom stereocenters. The molecule has 0 spiro atoms. The van der Waals surface area contributed by atoms with E-state index in [0.29, 0.717) is 0 Å². The van der Waals surface area contributed by atoms with Crippen molar-refractivity contribution in [2.45, 2.75) is 19.4 Å². The zero-order valence-electron chi connectivity index (χ0n) is 12.2. The largest absolute Gasteiger partial charge is 0.496 e. The van der Waals surface area contributed by atoms with Gasteiger partial charge in [-0.25, -0.2) is 4.39 Å². The number of halogens is 2. The predicted molar refractivity (Wildman–Crippen MR) is 87.2 cm³/mol. The molecule has 2 nitrogen and oxygen atoms in total. The number of para-hydroxylation sites is 1. The third kappa shape index (κ3) is 4.05. The van der Waals surface area contributed by atoms with Crippen LogP contribution in [0.15, 0.2) is 46.9 Å². The van der Waals surface area contributed by atoms with Crippen LogP contribution in [0.3, 0.4) is 0 Å². The summed E-state index contributed by atoms with van der Waals surface area (Å²) in [6, 6.07) is 12.9. The van der Waals surface area contributed by atoms with Crippen LogP contribution >= 0.6 is 15.9 Å². The summed E-state index contributed by atoms with van der Waals surface area (Å²) in [5.41, 5.74) is 2.17. The van der Waals surface area contributed by atoms with Gasteiger partial charge in [0.15, 0.2) is 0 Å². The molecule has 0 aliphatic heterocycles. The van der Waals surface area contributed by atoms with Gasteiger partial charge < -0.3 is 10.1 Å². The highest BCUT2D eigenvalue weighted by atomic mass is 79.9. The van der Waals surface area contributed by atoms with Crippen LogP contribution in [0.4, 0.5) is 4.39 Å². The molecule has 0 heterocycles. The van der Waals surface area contributed by atoms with Crippen LogP contribution in [-0.4, -0.2) is 13.7 Å². The first-order valence-corrected chi connectivity index (χ1v) is 7.75. The van der Waals surface area contributed by atoms with Gasteiger partial charge in [0.25, 0.3) is 0 Å². The molecule has 0 radical (unpaired) electrons. The van der Waals surface area contributed by atoms with Gasteiger partial charge >= 0.3 is 0 Å². The lowest BCUT2D eigenvalue weighted by Gasteiger charge is -2.21. The molecule has 2 aromatic rings. The Morgan fingerprint density at radius 2 is 2.00 bits per heavy atom. The Morgan fingerprint density at radius 3 is 2.67 bits per heavy atom. The topological polar surface area (TPSA) is 21.3 Å². The molecule has 1 N–H and O–H groups in total. The van der Waals surface area contributed by atoms with E-state index in [1.54, 1.807) is 7.11 Å². The number of methoxy groups -OCH3 is 1. The SMILES string of the molecule is CCNC(Cc1ccccc1OC)c1ccc(F)cc1Br. The molecular weight excluding hydrogens is 333 g/mol. The van der Waals surface area contributed by atoms with Gasteiger partial charge in [-0.1, -0.05) is 47.1 Å². The average molecular weight is 352 g/mol. The minimum atomic E-state index is -0.238. The minimum absolute atomic E-state index is 0.0984. The number of hydrogen-bond acceptors (Lipinski definition) is 2. The lowest BCUT2D eigenvalue weighted by atomic mass is 9.98.